The highest BCUT2D eigenvalue weighted by atomic mass is 28.3. The van der Waals surface area contributed by atoms with Crippen molar-refractivity contribution in [3.8, 4) is 23.0 Å². The van der Waals surface area contributed by atoms with Gasteiger partial charge in [-0.2, -0.15) is 0 Å². The topological polar surface area (TPSA) is 18.5 Å². The van der Waals surface area contributed by atoms with Crippen molar-refractivity contribution in [2.45, 2.75) is 0 Å². The molecule has 8 rings (SSSR count). The minimum absolute atomic E-state index is 0.0360. The van der Waals surface area contributed by atoms with E-state index >= 15 is 0 Å². The zero-order chi connectivity index (χ0) is 26.5. The number of ether oxygens (including phenoxy) is 2. The normalized spacial score (nSPS) is 12.8. The summed E-state index contributed by atoms with van der Waals surface area (Å²) < 4.78 is 13.6. The van der Waals surface area contributed by atoms with Gasteiger partial charge in [-0.25, -0.2) is 0 Å². The van der Waals surface area contributed by atoms with E-state index in [1.54, 1.807) is 0 Å². The van der Waals surface area contributed by atoms with Gasteiger partial charge in [0, 0.05) is 5.46 Å². The van der Waals surface area contributed by atoms with Gasteiger partial charge in [0.05, 0.1) is 0 Å². The van der Waals surface area contributed by atoms with Gasteiger partial charge in [-0.1, -0.05) is 133 Å². The van der Waals surface area contributed by atoms with Crippen LogP contribution in [0.2, 0.25) is 0 Å². The van der Waals surface area contributed by atoms with Crippen LogP contribution in [0.4, 0.5) is 0 Å². The SMILES string of the molecule is c1ccc([Si](c2ccccc2)(c2ccccc2)c2ccc3c4c2Oc2ccccc2B4c2ccccc2O3)cc1. The van der Waals surface area contributed by atoms with E-state index in [1.807, 2.05) is 6.07 Å². The molecule has 40 heavy (non-hydrogen) atoms. The second-order valence-corrected chi connectivity index (χ2v) is 14.2. The molecule has 188 valence electrons. The second kappa shape index (κ2) is 9.15. The predicted molar refractivity (Wildman–Crippen MR) is 168 cm³/mol. The Kier molecular flexibility index (Phi) is 5.29. The van der Waals surface area contributed by atoms with Gasteiger partial charge in [0.1, 0.15) is 23.0 Å². The monoisotopic (exact) mass is 528 g/mol. The molecule has 0 aliphatic carbocycles. The van der Waals surface area contributed by atoms with Crippen LogP contribution in [0, 0.1) is 0 Å². The summed E-state index contributed by atoms with van der Waals surface area (Å²) in [4.78, 5) is 0. The zero-order valence-corrected chi connectivity index (χ0v) is 22.8. The molecule has 2 nitrogen and oxygen atoms in total. The molecule has 4 heteroatoms. The van der Waals surface area contributed by atoms with Crippen LogP contribution < -0.4 is 46.6 Å². The van der Waals surface area contributed by atoms with Gasteiger partial charge in [0.25, 0.3) is 6.71 Å². The third-order valence-electron chi connectivity index (χ3n) is 8.36. The Balaban J connectivity index is 1.51. The van der Waals surface area contributed by atoms with Crippen molar-refractivity contribution in [3.63, 3.8) is 0 Å². The molecule has 2 aliphatic heterocycles. The molecule has 0 N–H and O–H groups in total. The summed E-state index contributed by atoms with van der Waals surface area (Å²) in [7, 11) is -2.81. The first kappa shape index (κ1) is 23.1. The second-order valence-electron chi connectivity index (χ2n) is 10.4. The molecule has 0 amide bonds. The summed E-state index contributed by atoms with van der Waals surface area (Å²) in [5, 5.41) is 5.19. The van der Waals surface area contributed by atoms with Crippen LogP contribution in [0.3, 0.4) is 0 Å². The molecule has 0 radical (unpaired) electrons. The fourth-order valence-corrected chi connectivity index (χ4v) is 11.6. The molecule has 0 aromatic heterocycles. The Hall–Kier alpha value is -4.80. The van der Waals surface area contributed by atoms with E-state index < -0.39 is 8.07 Å². The van der Waals surface area contributed by atoms with Crippen LogP contribution in [0.15, 0.2) is 152 Å². The summed E-state index contributed by atoms with van der Waals surface area (Å²) in [6.45, 7) is 0.0360. The van der Waals surface area contributed by atoms with Crippen molar-refractivity contribution in [2.24, 2.45) is 0 Å². The lowest BCUT2D eigenvalue weighted by Crippen LogP contribution is -2.75. The van der Waals surface area contributed by atoms with E-state index in [-0.39, 0.29) is 6.71 Å². The van der Waals surface area contributed by atoms with Crippen molar-refractivity contribution in [2.75, 3.05) is 0 Å². The molecule has 0 saturated heterocycles. The maximum absolute atomic E-state index is 7.00. The molecule has 0 saturated carbocycles. The highest BCUT2D eigenvalue weighted by Crippen LogP contribution is 2.34. The van der Waals surface area contributed by atoms with Gasteiger partial charge in [0.15, 0.2) is 8.07 Å². The molecule has 0 fully saturated rings. The first-order valence-corrected chi connectivity index (χ1v) is 15.7. The Morgan fingerprint density at radius 3 is 1.38 bits per heavy atom. The minimum atomic E-state index is -2.81. The van der Waals surface area contributed by atoms with Gasteiger partial charge in [0.2, 0.25) is 0 Å². The Morgan fingerprint density at radius 1 is 0.400 bits per heavy atom. The number of rotatable bonds is 4. The number of benzene rings is 6. The average Bonchev–Trinajstić information content (AvgIpc) is 3.03. The third-order valence-corrected chi connectivity index (χ3v) is 13.2. The highest BCUT2D eigenvalue weighted by molar-refractivity contribution is 7.20. The van der Waals surface area contributed by atoms with E-state index in [1.165, 1.54) is 31.7 Å². The van der Waals surface area contributed by atoms with Crippen molar-refractivity contribution < 1.29 is 9.47 Å². The van der Waals surface area contributed by atoms with Crippen LogP contribution >= 0.6 is 0 Å². The van der Waals surface area contributed by atoms with E-state index in [4.69, 9.17) is 9.47 Å². The average molecular weight is 528 g/mol. The van der Waals surface area contributed by atoms with Gasteiger partial charge in [-0.05, 0) is 49.9 Å². The maximum atomic E-state index is 7.00. The van der Waals surface area contributed by atoms with Crippen molar-refractivity contribution in [1.29, 1.82) is 0 Å². The van der Waals surface area contributed by atoms with E-state index in [0.29, 0.717) is 0 Å². The fraction of sp³-hybridized carbons (Fsp3) is 0. The van der Waals surface area contributed by atoms with E-state index in [0.717, 1.165) is 28.5 Å². The molecule has 2 heterocycles. The summed E-state index contributed by atoms with van der Waals surface area (Å²) >= 11 is 0. The lowest BCUT2D eigenvalue weighted by atomic mass is 9.35. The Labute approximate surface area is 235 Å². The maximum Gasteiger partial charge on any atom is 0.260 e. The quantitative estimate of drug-likeness (QED) is 0.256. The van der Waals surface area contributed by atoms with Crippen LogP contribution in [0.1, 0.15) is 0 Å². The lowest BCUT2D eigenvalue weighted by Gasteiger charge is -2.39. The molecule has 0 unspecified atom stereocenters. The predicted octanol–water partition coefficient (Wildman–Crippen LogP) is 3.79. The van der Waals surface area contributed by atoms with Crippen LogP contribution in [-0.4, -0.2) is 14.8 Å². The molecule has 2 aliphatic rings. The van der Waals surface area contributed by atoms with Crippen LogP contribution in [0.5, 0.6) is 23.0 Å². The first-order valence-electron chi connectivity index (χ1n) is 13.7. The largest absolute Gasteiger partial charge is 0.458 e. The Morgan fingerprint density at radius 2 is 0.850 bits per heavy atom. The van der Waals surface area contributed by atoms with E-state index in [2.05, 4.69) is 146 Å². The molecule has 0 spiro atoms. The smallest absolute Gasteiger partial charge is 0.260 e. The summed E-state index contributed by atoms with van der Waals surface area (Å²) in [5.74, 6) is 3.62. The molecule has 0 bridgehead atoms. The van der Waals surface area contributed by atoms with Gasteiger partial charge in [-0.3, -0.25) is 0 Å². The molecule has 0 atom stereocenters. The zero-order valence-electron chi connectivity index (χ0n) is 21.8. The van der Waals surface area contributed by atoms with Crippen molar-refractivity contribution in [3.05, 3.63) is 152 Å². The number of hydrogen-bond acceptors (Lipinski definition) is 2. The van der Waals surface area contributed by atoms with Crippen LogP contribution in [0.25, 0.3) is 0 Å². The summed E-state index contributed by atoms with van der Waals surface area (Å²) in [6.07, 6.45) is 0. The first-order chi connectivity index (χ1) is 19.9. The number of fused-ring (bicyclic) bond motifs is 4. The standard InChI is InChI=1S/C36H25BO2Si/c1-4-14-26(15-5-1)40(27-16-6-2-7-17-27,28-18-8-3-9-19-28)34-25-24-33-35-36(34)39-32-23-13-11-21-30(32)37(35)29-20-10-12-22-31(29)38-33/h1-25H. The number of para-hydroxylation sites is 2. The molecular weight excluding hydrogens is 503 g/mol. The third kappa shape index (κ3) is 3.30. The summed E-state index contributed by atoms with van der Waals surface area (Å²) in [5.41, 5.74) is 3.47. The Bertz CT molecular complexity index is 1750. The number of hydrogen-bond donors (Lipinski definition) is 0. The van der Waals surface area contributed by atoms with Gasteiger partial charge >= 0.3 is 0 Å². The van der Waals surface area contributed by atoms with Gasteiger partial charge < -0.3 is 9.47 Å². The fourth-order valence-electron chi connectivity index (χ4n) is 6.71. The molecular formula is C36H25BO2Si. The van der Waals surface area contributed by atoms with E-state index in [9.17, 15) is 0 Å². The highest BCUT2D eigenvalue weighted by Gasteiger charge is 2.48. The lowest BCUT2D eigenvalue weighted by molar-refractivity contribution is 0.466. The minimum Gasteiger partial charge on any atom is -0.458 e. The van der Waals surface area contributed by atoms with Gasteiger partial charge in [-0.15, -0.1) is 0 Å². The molecule has 6 aromatic carbocycles. The van der Waals surface area contributed by atoms with Crippen molar-refractivity contribution in [1.82, 2.24) is 0 Å². The van der Waals surface area contributed by atoms with Crippen LogP contribution in [-0.2, 0) is 0 Å². The molecule has 6 aromatic rings. The van der Waals surface area contributed by atoms with Crippen molar-refractivity contribution >= 4 is 51.9 Å². The summed E-state index contributed by atoms with van der Waals surface area (Å²) in [6, 6.07) is 54.3.